The normalized spacial score (nSPS) is 12.0. The van der Waals surface area contributed by atoms with Gasteiger partial charge in [-0.15, -0.1) is 0 Å². The van der Waals surface area contributed by atoms with E-state index in [0.29, 0.717) is 25.1 Å². The molecule has 0 unspecified atom stereocenters. The van der Waals surface area contributed by atoms with E-state index in [1.807, 2.05) is 80.6 Å². The molecular weight excluding hydrogens is 534 g/mol. The molecule has 0 saturated heterocycles. The van der Waals surface area contributed by atoms with Crippen molar-refractivity contribution in [2.45, 2.75) is 65.5 Å². The monoisotopic (exact) mass is 577 g/mol. The predicted molar refractivity (Wildman–Crippen MR) is 166 cm³/mol. The Kier molecular flexibility index (Phi) is 12.0. The summed E-state index contributed by atoms with van der Waals surface area (Å²) >= 11 is 0. The number of sulfonamides is 1. The average molecular weight is 578 g/mol. The van der Waals surface area contributed by atoms with Crippen LogP contribution in [0.4, 0.5) is 5.69 Å². The topological polar surface area (TPSA) is 86.8 Å². The minimum absolute atomic E-state index is 0.108. The molecule has 0 radical (unpaired) electrons. The van der Waals surface area contributed by atoms with E-state index in [9.17, 15) is 18.0 Å². The molecule has 1 N–H and O–H groups in total. The Morgan fingerprint density at radius 3 is 2.17 bits per heavy atom. The number of nitrogens with zero attached hydrogens (tertiary/aromatic N) is 2. The van der Waals surface area contributed by atoms with E-state index in [1.54, 1.807) is 17.0 Å². The average Bonchev–Trinajstić information content (AvgIpc) is 2.94. The van der Waals surface area contributed by atoms with E-state index in [-0.39, 0.29) is 31.3 Å². The summed E-state index contributed by atoms with van der Waals surface area (Å²) in [7, 11) is -3.54. The van der Waals surface area contributed by atoms with Gasteiger partial charge in [0.1, 0.15) is 6.04 Å². The molecule has 0 fully saturated rings. The summed E-state index contributed by atoms with van der Waals surface area (Å²) in [6.07, 6.45) is 3.80. The maximum Gasteiger partial charge on any atom is 0.243 e. The highest BCUT2D eigenvalue weighted by atomic mass is 32.2. The zero-order valence-corrected chi connectivity index (χ0v) is 25.5. The number of amides is 2. The van der Waals surface area contributed by atoms with Crippen LogP contribution in [0.25, 0.3) is 0 Å². The molecule has 0 bridgehead atoms. The molecule has 0 aromatic heterocycles. The molecule has 0 heterocycles. The lowest BCUT2D eigenvalue weighted by Gasteiger charge is -2.32. The Bertz CT molecular complexity index is 1380. The van der Waals surface area contributed by atoms with E-state index >= 15 is 0 Å². The Hall–Kier alpha value is -3.65. The van der Waals surface area contributed by atoms with Gasteiger partial charge in [-0.1, -0.05) is 85.6 Å². The van der Waals surface area contributed by atoms with Gasteiger partial charge in [-0.3, -0.25) is 13.9 Å². The number of carbonyl (C=O) groups is 2. The Balaban J connectivity index is 1.87. The van der Waals surface area contributed by atoms with E-state index in [4.69, 9.17) is 0 Å². The molecule has 0 aliphatic heterocycles. The van der Waals surface area contributed by atoms with Crippen LogP contribution in [0.2, 0.25) is 0 Å². The van der Waals surface area contributed by atoms with Crippen molar-refractivity contribution >= 4 is 27.5 Å². The third-order valence-electron chi connectivity index (χ3n) is 7.18. The van der Waals surface area contributed by atoms with Crippen molar-refractivity contribution in [3.05, 3.63) is 101 Å². The Labute approximate surface area is 245 Å². The third-order valence-corrected chi connectivity index (χ3v) is 8.37. The standard InChI is InChI=1S/C33H43N3O4S/c1-5-6-22-34-33(38)31(24-28-14-8-7-9-15-28)35(25-29-16-11-10-13-27(29)3)32(37)17-12-23-36(41(4,39)40)30-20-18-26(2)19-21-30/h7-11,13-16,18-21,31H,5-6,12,17,22-25H2,1-4H3,(H,34,38)/t31-/m0/s1. The second-order valence-corrected chi connectivity index (χ2v) is 12.5. The molecule has 2 amide bonds. The molecule has 1 atom stereocenters. The largest absolute Gasteiger partial charge is 0.354 e. The first-order chi connectivity index (χ1) is 19.6. The molecule has 41 heavy (non-hydrogen) atoms. The first-order valence-electron chi connectivity index (χ1n) is 14.3. The number of anilines is 1. The van der Waals surface area contributed by atoms with Crippen LogP contribution in [-0.4, -0.2) is 50.5 Å². The van der Waals surface area contributed by atoms with Crippen LogP contribution >= 0.6 is 0 Å². The van der Waals surface area contributed by atoms with E-state index < -0.39 is 16.1 Å². The highest BCUT2D eigenvalue weighted by molar-refractivity contribution is 7.92. The highest BCUT2D eigenvalue weighted by Crippen LogP contribution is 2.21. The Morgan fingerprint density at radius 2 is 1.54 bits per heavy atom. The van der Waals surface area contributed by atoms with Gasteiger partial charge < -0.3 is 10.2 Å². The van der Waals surface area contributed by atoms with Crippen LogP contribution in [0.3, 0.4) is 0 Å². The molecule has 0 spiro atoms. The summed E-state index contributed by atoms with van der Waals surface area (Å²) in [6, 6.07) is 24.2. The third kappa shape index (κ3) is 9.74. The maximum atomic E-state index is 13.9. The van der Waals surface area contributed by atoms with Gasteiger partial charge in [0, 0.05) is 32.5 Å². The molecule has 3 aromatic rings. The van der Waals surface area contributed by atoms with Crippen molar-refractivity contribution in [1.29, 1.82) is 0 Å². The highest BCUT2D eigenvalue weighted by Gasteiger charge is 2.30. The van der Waals surface area contributed by atoms with Gasteiger partial charge in [0.15, 0.2) is 0 Å². The number of aryl methyl sites for hydroxylation is 2. The lowest BCUT2D eigenvalue weighted by atomic mass is 10.0. The van der Waals surface area contributed by atoms with Crippen LogP contribution in [-0.2, 0) is 32.6 Å². The van der Waals surface area contributed by atoms with Gasteiger partial charge in [0.25, 0.3) is 0 Å². The summed E-state index contributed by atoms with van der Waals surface area (Å²) in [5.41, 5.74) is 4.58. The quantitative estimate of drug-likeness (QED) is 0.245. The number of benzene rings is 3. The summed E-state index contributed by atoms with van der Waals surface area (Å²) in [4.78, 5) is 29.2. The minimum Gasteiger partial charge on any atom is -0.354 e. The van der Waals surface area contributed by atoms with Crippen LogP contribution < -0.4 is 9.62 Å². The molecule has 0 aliphatic rings. The lowest BCUT2D eigenvalue weighted by molar-refractivity contribution is -0.141. The van der Waals surface area contributed by atoms with Crippen molar-refractivity contribution < 1.29 is 18.0 Å². The van der Waals surface area contributed by atoms with Crippen LogP contribution in [0, 0.1) is 13.8 Å². The van der Waals surface area contributed by atoms with Gasteiger partial charge in [-0.2, -0.15) is 0 Å². The second kappa shape index (κ2) is 15.4. The van der Waals surface area contributed by atoms with E-state index in [0.717, 1.165) is 35.1 Å². The molecule has 0 aliphatic carbocycles. The van der Waals surface area contributed by atoms with Gasteiger partial charge >= 0.3 is 0 Å². The maximum absolute atomic E-state index is 13.9. The first kappa shape index (κ1) is 31.9. The zero-order chi connectivity index (χ0) is 29.8. The summed E-state index contributed by atoms with van der Waals surface area (Å²) < 4.78 is 26.6. The predicted octanol–water partition coefficient (Wildman–Crippen LogP) is 5.41. The summed E-state index contributed by atoms with van der Waals surface area (Å²) in [5, 5.41) is 3.04. The van der Waals surface area contributed by atoms with E-state index in [1.165, 1.54) is 10.6 Å². The number of hydrogen-bond donors (Lipinski definition) is 1. The molecule has 3 rings (SSSR count). The SMILES string of the molecule is CCCCNC(=O)[C@H](Cc1ccccc1)N(Cc1ccccc1C)C(=O)CCCN(c1ccc(C)cc1)S(C)(=O)=O. The fourth-order valence-corrected chi connectivity index (χ4v) is 5.71. The van der Waals surface area contributed by atoms with Crippen LogP contribution in [0.1, 0.15) is 54.9 Å². The van der Waals surface area contributed by atoms with Crippen molar-refractivity contribution in [2.75, 3.05) is 23.7 Å². The van der Waals surface area contributed by atoms with Crippen molar-refractivity contribution in [3.63, 3.8) is 0 Å². The molecule has 220 valence electrons. The number of nitrogens with one attached hydrogen (secondary N) is 1. The smallest absolute Gasteiger partial charge is 0.243 e. The first-order valence-corrected chi connectivity index (χ1v) is 16.1. The van der Waals surface area contributed by atoms with E-state index in [2.05, 4.69) is 12.2 Å². The van der Waals surface area contributed by atoms with Crippen LogP contribution in [0.15, 0.2) is 78.9 Å². The summed E-state index contributed by atoms with van der Waals surface area (Å²) in [6.45, 7) is 7.01. The molecule has 7 nitrogen and oxygen atoms in total. The molecule has 0 saturated carbocycles. The molecule has 3 aromatic carbocycles. The number of carbonyl (C=O) groups excluding carboxylic acids is 2. The van der Waals surface area contributed by atoms with Crippen molar-refractivity contribution in [1.82, 2.24) is 10.2 Å². The summed E-state index contributed by atoms with van der Waals surface area (Å²) in [5.74, 6) is -0.362. The fraction of sp³-hybridized carbons (Fsp3) is 0.394. The minimum atomic E-state index is -3.54. The van der Waals surface area contributed by atoms with Crippen molar-refractivity contribution in [2.24, 2.45) is 0 Å². The van der Waals surface area contributed by atoms with Gasteiger partial charge in [0.05, 0.1) is 11.9 Å². The molecular formula is C33H43N3O4S. The van der Waals surface area contributed by atoms with Crippen LogP contribution in [0.5, 0.6) is 0 Å². The van der Waals surface area contributed by atoms with Gasteiger partial charge in [-0.05, 0) is 55.5 Å². The lowest BCUT2D eigenvalue weighted by Crippen LogP contribution is -2.50. The number of hydrogen-bond acceptors (Lipinski definition) is 4. The molecule has 8 heteroatoms. The van der Waals surface area contributed by atoms with Crippen molar-refractivity contribution in [3.8, 4) is 0 Å². The number of rotatable bonds is 15. The van der Waals surface area contributed by atoms with Gasteiger partial charge in [-0.25, -0.2) is 8.42 Å². The van der Waals surface area contributed by atoms with Gasteiger partial charge in [0.2, 0.25) is 21.8 Å². The Morgan fingerprint density at radius 1 is 0.878 bits per heavy atom. The zero-order valence-electron chi connectivity index (χ0n) is 24.7. The fourth-order valence-electron chi connectivity index (χ4n) is 4.75. The number of unbranched alkanes of at least 4 members (excludes halogenated alkanes) is 1. The second-order valence-electron chi connectivity index (χ2n) is 10.6.